The van der Waals surface area contributed by atoms with E-state index in [9.17, 15) is 14.0 Å². The van der Waals surface area contributed by atoms with Gasteiger partial charge in [0.15, 0.2) is 0 Å². The number of carbonyl (C=O) groups excluding carboxylic acids is 1. The highest BCUT2D eigenvalue weighted by Gasteiger charge is 2.14. The van der Waals surface area contributed by atoms with Gasteiger partial charge in [0.1, 0.15) is 5.82 Å². The number of amides is 2. The van der Waals surface area contributed by atoms with Crippen molar-refractivity contribution >= 4 is 17.7 Å². The van der Waals surface area contributed by atoms with Crippen molar-refractivity contribution in [3.8, 4) is 0 Å². The van der Waals surface area contributed by atoms with E-state index in [4.69, 9.17) is 10.2 Å². The van der Waals surface area contributed by atoms with E-state index in [1.807, 2.05) is 0 Å². The number of nitrogens with one attached hydrogen (secondary N) is 1. The van der Waals surface area contributed by atoms with Crippen molar-refractivity contribution in [2.75, 3.05) is 18.9 Å². The van der Waals surface area contributed by atoms with Crippen LogP contribution < -0.4 is 5.32 Å². The fourth-order valence-corrected chi connectivity index (χ4v) is 1.47. The second-order valence-corrected chi connectivity index (χ2v) is 4.49. The molecule has 0 saturated heterocycles. The molecule has 1 atom stereocenters. The highest BCUT2D eigenvalue weighted by molar-refractivity contribution is 5.93. The van der Waals surface area contributed by atoms with Gasteiger partial charge in [0.2, 0.25) is 0 Å². The van der Waals surface area contributed by atoms with Crippen LogP contribution in [-0.4, -0.2) is 46.8 Å². The smallest absolute Gasteiger partial charge is 0.338 e. The molecule has 2 amide bonds. The number of aliphatic hydroxyl groups excluding tert-OH is 1. The zero-order valence-electron chi connectivity index (χ0n) is 11.3. The fraction of sp³-hybridized carbons (Fsp3) is 0.385. The summed E-state index contributed by atoms with van der Waals surface area (Å²) >= 11 is 0. The van der Waals surface area contributed by atoms with Crippen LogP contribution in [0.4, 0.5) is 14.9 Å². The van der Waals surface area contributed by atoms with Gasteiger partial charge in [0.25, 0.3) is 0 Å². The molecule has 110 valence electrons. The van der Waals surface area contributed by atoms with E-state index in [1.165, 1.54) is 11.0 Å². The first-order chi connectivity index (χ1) is 9.31. The number of aromatic carboxylic acids is 1. The summed E-state index contributed by atoms with van der Waals surface area (Å²) in [5.41, 5.74) is -0.313. The lowest BCUT2D eigenvalue weighted by Crippen LogP contribution is -2.33. The zero-order chi connectivity index (χ0) is 15.3. The Hall–Kier alpha value is -2.15. The molecule has 20 heavy (non-hydrogen) atoms. The molecule has 1 aromatic rings. The minimum absolute atomic E-state index is 0.192. The second kappa shape index (κ2) is 6.85. The minimum atomic E-state index is -1.40. The third-order valence-electron chi connectivity index (χ3n) is 2.68. The number of benzene rings is 1. The Morgan fingerprint density at radius 2 is 2.10 bits per heavy atom. The Kier molecular flexibility index (Phi) is 5.45. The average molecular weight is 284 g/mol. The van der Waals surface area contributed by atoms with Gasteiger partial charge in [-0.3, -0.25) is 0 Å². The summed E-state index contributed by atoms with van der Waals surface area (Å²) in [6.07, 6.45) is -0.0945. The summed E-state index contributed by atoms with van der Waals surface area (Å²) in [6.45, 7) is 1.96. The number of carbonyl (C=O) groups is 2. The van der Waals surface area contributed by atoms with Crippen molar-refractivity contribution in [3.05, 3.63) is 29.6 Å². The summed E-state index contributed by atoms with van der Waals surface area (Å²) in [4.78, 5) is 23.9. The molecule has 0 aromatic heterocycles. The zero-order valence-corrected chi connectivity index (χ0v) is 11.3. The van der Waals surface area contributed by atoms with Crippen LogP contribution in [0, 0.1) is 5.82 Å². The largest absolute Gasteiger partial charge is 0.478 e. The van der Waals surface area contributed by atoms with E-state index < -0.39 is 29.5 Å². The van der Waals surface area contributed by atoms with Crippen molar-refractivity contribution in [1.82, 2.24) is 4.90 Å². The van der Waals surface area contributed by atoms with Gasteiger partial charge in [-0.15, -0.1) is 0 Å². The number of nitrogens with zero attached hydrogens (tertiary/aromatic N) is 1. The molecular formula is C13H17FN2O4. The molecule has 6 nitrogen and oxygen atoms in total. The molecular weight excluding hydrogens is 267 g/mol. The average Bonchev–Trinajstić information content (AvgIpc) is 2.37. The molecule has 1 aromatic carbocycles. The van der Waals surface area contributed by atoms with Crippen molar-refractivity contribution < 1.29 is 24.2 Å². The Morgan fingerprint density at radius 3 is 2.65 bits per heavy atom. The number of rotatable bonds is 5. The van der Waals surface area contributed by atoms with Crippen molar-refractivity contribution in [2.24, 2.45) is 0 Å². The van der Waals surface area contributed by atoms with E-state index in [0.29, 0.717) is 13.0 Å². The topological polar surface area (TPSA) is 89.9 Å². The number of carboxylic acid groups (broad SMARTS) is 1. The number of carboxylic acids is 1. The van der Waals surface area contributed by atoms with Gasteiger partial charge in [-0.1, -0.05) is 0 Å². The van der Waals surface area contributed by atoms with E-state index in [0.717, 1.165) is 12.1 Å². The van der Waals surface area contributed by atoms with Crippen LogP contribution in [0.5, 0.6) is 0 Å². The molecule has 0 fully saturated rings. The van der Waals surface area contributed by atoms with Gasteiger partial charge >= 0.3 is 12.0 Å². The summed E-state index contributed by atoms with van der Waals surface area (Å²) in [5, 5.41) is 20.4. The maximum atomic E-state index is 13.2. The Morgan fingerprint density at radius 1 is 1.45 bits per heavy atom. The van der Waals surface area contributed by atoms with Gasteiger partial charge in [0, 0.05) is 19.3 Å². The van der Waals surface area contributed by atoms with Crippen molar-refractivity contribution in [3.63, 3.8) is 0 Å². The van der Waals surface area contributed by atoms with Gasteiger partial charge < -0.3 is 20.4 Å². The standard InChI is InChI=1S/C13H17FN2O4/c1-8(17)5-6-16(2)13(20)15-9-3-4-11(14)10(7-9)12(18)19/h3-4,7-8,17H,5-6H2,1-2H3,(H,15,20)(H,18,19). The molecule has 7 heteroatoms. The number of urea groups is 1. The molecule has 3 N–H and O–H groups in total. The predicted molar refractivity (Wildman–Crippen MR) is 71.3 cm³/mol. The molecule has 1 rings (SSSR count). The van der Waals surface area contributed by atoms with Crippen LogP contribution in [0.15, 0.2) is 18.2 Å². The van der Waals surface area contributed by atoms with E-state index in [2.05, 4.69) is 5.32 Å². The maximum Gasteiger partial charge on any atom is 0.338 e. The van der Waals surface area contributed by atoms with Gasteiger partial charge in [-0.25, -0.2) is 14.0 Å². The number of hydrogen-bond donors (Lipinski definition) is 3. The molecule has 1 unspecified atom stereocenters. The van der Waals surface area contributed by atoms with E-state index in [-0.39, 0.29) is 5.69 Å². The first kappa shape index (κ1) is 15.9. The Balaban J connectivity index is 2.71. The van der Waals surface area contributed by atoms with E-state index in [1.54, 1.807) is 14.0 Å². The highest BCUT2D eigenvalue weighted by atomic mass is 19.1. The van der Waals surface area contributed by atoms with Crippen molar-refractivity contribution in [1.29, 1.82) is 0 Å². The summed E-state index contributed by atoms with van der Waals surface area (Å²) < 4.78 is 13.2. The third kappa shape index (κ3) is 4.51. The lowest BCUT2D eigenvalue weighted by Gasteiger charge is -2.18. The Bertz CT molecular complexity index is 505. The minimum Gasteiger partial charge on any atom is -0.478 e. The molecule has 0 aliphatic heterocycles. The van der Waals surface area contributed by atoms with E-state index >= 15 is 0 Å². The molecule has 0 spiro atoms. The molecule has 0 radical (unpaired) electrons. The van der Waals surface area contributed by atoms with Crippen LogP contribution in [0.25, 0.3) is 0 Å². The fourth-order valence-electron chi connectivity index (χ4n) is 1.47. The van der Waals surface area contributed by atoms with Crippen LogP contribution in [-0.2, 0) is 0 Å². The molecule has 0 saturated carbocycles. The lowest BCUT2D eigenvalue weighted by atomic mass is 10.2. The second-order valence-electron chi connectivity index (χ2n) is 4.49. The predicted octanol–water partition coefficient (Wildman–Crippen LogP) is 1.76. The lowest BCUT2D eigenvalue weighted by molar-refractivity contribution is 0.0692. The van der Waals surface area contributed by atoms with Crippen LogP contribution in [0.1, 0.15) is 23.7 Å². The molecule has 0 bridgehead atoms. The molecule has 0 aliphatic carbocycles. The number of anilines is 1. The van der Waals surface area contributed by atoms with Gasteiger partial charge in [0.05, 0.1) is 11.7 Å². The normalized spacial score (nSPS) is 11.8. The molecule has 0 aliphatic rings. The summed E-state index contributed by atoms with van der Waals surface area (Å²) in [6, 6.07) is 2.85. The number of halogens is 1. The molecule has 0 heterocycles. The number of aliphatic hydroxyl groups is 1. The van der Waals surface area contributed by atoms with Crippen LogP contribution >= 0.6 is 0 Å². The monoisotopic (exact) mass is 284 g/mol. The van der Waals surface area contributed by atoms with Crippen molar-refractivity contribution in [2.45, 2.75) is 19.4 Å². The quantitative estimate of drug-likeness (QED) is 0.768. The highest BCUT2D eigenvalue weighted by Crippen LogP contribution is 2.15. The van der Waals surface area contributed by atoms with Gasteiger partial charge in [-0.2, -0.15) is 0 Å². The third-order valence-corrected chi connectivity index (χ3v) is 2.68. The van der Waals surface area contributed by atoms with Gasteiger partial charge in [-0.05, 0) is 31.5 Å². The Labute approximate surface area is 115 Å². The summed E-state index contributed by atoms with van der Waals surface area (Å²) in [7, 11) is 1.54. The first-order valence-electron chi connectivity index (χ1n) is 6.04. The SMILES string of the molecule is CC(O)CCN(C)C(=O)Nc1ccc(F)c(C(=O)O)c1. The summed E-state index contributed by atoms with van der Waals surface area (Å²) in [5.74, 6) is -2.26. The van der Waals surface area contributed by atoms with Crippen LogP contribution in [0.3, 0.4) is 0 Å². The maximum absolute atomic E-state index is 13.2. The number of hydrogen-bond acceptors (Lipinski definition) is 3. The van der Waals surface area contributed by atoms with Crippen LogP contribution in [0.2, 0.25) is 0 Å². The first-order valence-corrected chi connectivity index (χ1v) is 6.04.